The van der Waals surface area contributed by atoms with Crippen LogP contribution in [0.15, 0.2) is 36.0 Å². The highest BCUT2D eigenvalue weighted by molar-refractivity contribution is 7.99. The Morgan fingerprint density at radius 3 is 2.96 bits per heavy atom. The highest BCUT2D eigenvalue weighted by Crippen LogP contribution is 2.40. The first-order valence-electron chi connectivity index (χ1n) is 7.50. The van der Waals surface area contributed by atoms with Gasteiger partial charge in [-0.1, -0.05) is 29.4 Å². The van der Waals surface area contributed by atoms with Crippen molar-refractivity contribution >= 4 is 35.0 Å². The molecule has 0 atom stereocenters. The molecule has 1 aromatic heterocycles. The third kappa shape index (κ3) is 3.96. The lowest BCUT2D eigenvalue weighted by atomic mass is 10.3. The number of aromatic nitrogens is 3. The molecule has 0 radical (unpaired) electrons. The van der Waals surface area contributed by atoms with Gasteiger partial charge in [-0.2, -0.15) is 0 Å². The molecule has 1 N–H and O–H groups in total. The zero-order chi connectivity index (χ0) is 17.1. The largest absolute Gasteiger partial charge is 0.323 e. The van der Waals surface area contributed by atoms with Gasteiger partial charge in [0.25, 0.3) is 0 Å². The van der Waals surface area contributed by atoms with E-state index in [1.54, 1.807) is 6.08 Å². The van der Waals surface area contributed by atoms with E-state index in [0.29, 0.717) is 17.6 Å². The normalized spacial score (nSPS) is 13.8. The second kappa shape index (κ2) is 7.36. The Bertz CT molecular complexity index is 775. The van der Waals surface area contributed by atoms with E-state index in [1.165, 1.54) is 23.9 Å². The van der Waals surface area contributed by atoms with Gasteiger partial charge in [-0.05, 0) is 31.0 Å². The van der Waals surface area contributed by atoms with Crippen LogP contribution in [-0.2, 0) is 11.3 Å². The van der Waals surface area contributed by atoms with Gasteiger partial charge in [-0.15, -0.1) is 16.8 Å². The standard InChI is InChI=1S/C16H16ClFN4OS/c1-2-7-22-15(10-3-4-10)20-21-16(22)24-9-14(23)19-13-6-5-11(17)8-12(13)18/h2,5-6,8,10H,1,3-4,7,9H2,(H,19,23). The Balaban J connectivity index is 1.62. The molecule has 1 heterocycles. The van der Waals surface area contributed by atoms with Crippen LogP contribution in [0, 0.1) is 5.82 Å². The summed E-state index contributed by atoms with van der Waals surface area (Å²) in [6.07, 6.45) is 4.02. The number of halogens is 2. The number of carbonyl (C=O) groups excluding carboxylic acids is 1. The van der Waals surface area contributed by atoms with Gasteiger partial charge < -0.3 is 9.88 Å². The highest BCUT2D eigenvalue weighted by Gasteiger charge is 2.30. The maximum Gasteiger partial charge on any atom is 0.234 e. The van der Waals surface area contributed by atoms with E-state index in [4.69, 9.17) is 11.6 Å². The van der Waals surface area contributed by atoms with E-state index in [0.717, 1.165) is 24.7 Å². The molecule has 2 aromatic rings. The van der Waals surface area contributed by atoms with Crippen LogP contribution in [0.25, 0.3) is 0 Å². The highest BCUT2D eigenvalue weighted by atomic mass is 35.5. The van der Waals surface area contributed by atoms with Crippen molar-refractivity contribution in [2.24, 2.45) is 0 Å². The quantitative estimate of drug-likeness (QED) is 0.597. The number of hydrogen-bond acceptors (Lipinski definition) is 4. The number of carbonyl (C=O) groups is 1. The second-order valence-electron chi connectivity index (χ2n) is 5.48. The van der Waals surface area contributed by atoms with E-state index in [-0.39, 0.29) is 22.4 Å². The lowest BCUT2D eigenvalue weighted by molar-refractivity contribution is -0.113. The van der Waals surface area contributed by atoms with Gasteiger partial charge in [0.1, 0.15) is 11.6 Å². The number of benzene rings is 1. The summed E-state index contributed by atoms with van der Waals surface area (Å²) >= 11 is 6.96. The molecule has 126 valence electrons. The van der Waals surface area contributed by atoms with E-state index in [9.17, 15) is 9.18 Å². The Hall–Kier alpha value is -1.86. The third-order valence-electron chi connectivity index (χ3n) is 3.54. The summed E-state index contributed by atoms with van der Waals surface area (Å²) in [6.45, 7) is 4.35. The van der Waals surface area contributed by atoms with Crippen molar-refractivity contribution in [2.75, 3.05) is 11.1 Å². The first-order valence-corrected chi connectivity index (χ1v) is 8.86. The number of amides is 1. The van der Waals surface area contributed by atoms with Gasteiger partial charge in [-0.3, -0.25) is 4.79 Å². The van der Waals surface area contributed by atoms with Crippen molar-refractivity contribution < 1.29 is 9.18 Å². The fraction of sp³-hybridized carbons (Fsp3) is 0.312. The Labute approximate surface area is 148 Å². The third-order valence-corrected chi connectivity index (χ3v) is 4.74. The van der Waals surface area contributed by atoms with Crippen LogP contribution in [-0.4, -0.2) is 26.4 Å². The van der Waals surface area contributed by atoms with Crippen LogP contribution in [0.1, 0.15) is 24.6 Å². The molecule has 0 unspecified atom stereocenters. The molecule has 1 aromatic carbocycles. The SMILES string of the molecule is C=CCn1c(SCC(=O)Nc2ccc(Cl)cc2F)nnc1C1CC1. The lowest BCUT2D eigenvalue weighted by Gasteiger charge is -2.08. The summed E-state index contributed by atoms with van der Waals surface area (Å²) in [6, 6.07) is 4.12. The maximum atomic E-state index is 13.7. The molecule has 1 amide bonds. The van der Waals surface area contributed by atoms with E-state index in [1.807, 2.05) is 4.57 Å². The molecule has 1 fully saturated rings. The molecular weight excluding hydrogens is 351 g/mol. The summed E-state index contributed by atoms with van der Waals surface area (Å²) in [5.41, 5.74) is 0.108. The van der Waals surface area contributed by atoms with Gasteiger partial charge in [0.05, 0.1) is 11.4 Å². The molecule has 0 saturated heterocycles. The maximum absolute atomic E-state index is 13.7. The van der Waals surface area contributed by atoms with Crippen LogP contribution in [0.2, 0.25) is 5.02 Å². The minimum Gasteiger partial charge on any atom is -0.323 e. The average Bonchev–Trinajstić information content (AvgIpc) is 3.31. The summed E-state index contributed by atoms with van der Waals surface area (Å²) < 4.78 is 15.7. The first-order chi connectivity index (χ1) is 11.6. The van der Waals surface area contributed by atoms with Crippen LogP contribution in [0.5, 0.6) is 0 Å². The minimum absolute atomic E-state index is 0.108. The van der Waals surface area contributed by atoms with Crippen LogP contribution in [0.3, 0.4) is 0 Å². The Kier molecular flexibility index (Phi) is 5.20. The van der Waals surface area contributed by atoms with Crippen LogP contribution >= 0.6 is 23.4 Å². The topological polar surface area (TPSA) is 59.8 Å². The van der Waals surface area contributed by atoms with E-state index in [2.05, 4.69) is 22.1 Å². The zero-order valence-corrected chi connectivity index (χ0v) is 14.4. The summed E-state index contributed by atoms with van der Waals surface area (Å²) in [4.78, 5) is 12.0. The van der Waals surface area contributed by atoms with Crippen molar-refractivity contribution in [1.29, 1.82) is 0 Å². The zero-order valence-electron chi connectivity index (χ0n) is 12.8. The van der Waals surface area contributed by atoms with Crippen molar-refractivity contribution in [2.45, 2.75) is 30.5 Å². The molecule has 3 rings (SSSR count). The smallest absolute Gasteiger partial charge is 0.234 e. The molecule has 0 spiro atoms. The summed E-state index contributed by atoms with van der Waals surface area (Å²) in [5, 5.41) is 11.9. The number of nitrogens with one attached hydrogen (secondary N) is 1. The van der Waals surface area contributed by atoms with Crippen molar-refractivity contribution in [3.8, 4) is 0 Å². The first kappa shape index (κ1) is 17.0. The van der Waals surface area contributed by atoms with E-state index >= 15 is 0 Å². The van der Waals surface area contributed by atoms with Crippen molar-refractivity contribution in [3.05, 3.63) is 47.5 Å². The number of allylic oxidation sites excluding steroid dienone is 1. The lowest BCUT2D eigenvalue weighted by Crippen LogP contribution is -2.15. The Morgan fingerprint density at radius 1 is 1.50 bits per heavy atom. The predicted molar refractivity (Wildman–Crippen MR) is 93.0 cm³/mol. The predicted octanol–water partition coefficient (Wildman–Crippen LogP) is 3.86. The van der Waals surface area contributed by atoms with Crippen LogP contribution < -0.4 is 5.32 Å². The summed E-state index contributed by atoms with van der Waals surface area (Å²) in [5.74, 6) is 0.640. The molecule has 5 nitrogen and oxygen atoms in total. The number of anilines is 1. The molecule has 1 aliphatic rings. The number of thioether (sulfide) groups is 1. The number of hydrogen-bond donors (Lipinski definition) is 1. The molecule has 0 aliphatic heterocycles. The molecule has 8 heteroatoms. The van der Waals surface area contributed by atoms with Gasteiger partial charge >= 0.3 is 0 Å². The van der Waals surface area contributed by atoms with Crippen molar-refractivity contribution in [3.63, 3.8) is 0 Å². The van der Waals surface area contributed by atoms with Crippen LogP contribution in [0.4, 0.5) is 10.1 Å². The van der Waals surface area contributed by atoms with Crippen molar-refractivity contribution in [1.82, 2.24) is 14.8 Å². The molecular formula is C16H16ClFN4OS. The molecule has 24 heavy (non-hydrogen) atoms. The number of nitrogens with zero attached hydrogens (tertiary/aromatic N) is 3. The van der Waals surface area contributed by atoms with Gasteiger partial charge in [-0.25, -0.2) is 4.39 Å². The molecule has 1 aliphatic carbocycles. The average molecular weight is 367 g/mol. The minimum atomic E-state index is -0.563. The number of rotatable bonds is 7. The van der Waals surface area contributed by atoms with E-state index < -0.39 is 5.82 Å². The fourth-order valence-corrected chi connectivity index (χ4v) is 3.17. The second-order valence-corrected chi connectivity index (χ2v) is 6.85. The molecule has 0 bridgehead atoms. The fourth-order valence-electron chi connectivity index (χ4n) is 2.26. The van der Waals surface area contributed by atoms with Gasteiger partial charge in [0.15, 0.2) is 5.16 Å². The van der Waals surface area contributed by atoms with Gasteiger partial charge in [0.2, 0.25) is 5.91 Å². The monoisotopic (exact) mass is 366 g/mol. The molecule has 1 saturated carbocycles. The Morgan fingerprint density at radius 2 is 2.29 bits per heavy atom. The summed E-state index contributed by atoms with van der Waals surface area (Å²) in [7, 11) is 0. The van der Waals surface area contributed by atoms with Gasteiger partial charge in [0, 0.05) is 17.5 Å².